The summed E-state index contributed by atoms with van der Waals surface area (Å²) in [6, 6.07) is 2.07. The van der Waals surface area contributed by atoms with Crippen LogP contribution in [0, 0.1) is 17.2 Å². The number of hydrogen-bond acceptors (Lipinski definition) is 4. The summed E-state index contributed by atoms with van der Waals surface area (Å²) >= 11 is 5.98. The minimum absolute atomic E-state index is 0.257. The number of nitriles is 1. The minimum atomic E-state index is -0.453. The first-order valence-electron chi connectivity index (χ1n) is 6.65. The zero-order chi connectivity index (χ0) is 13.6. The molecule has 2 aliphatic rings. The lowest BCUT2D eigenvalue weighted by molar-refractivity contribution is 0.0728. The molecular weight excluding hydrogens is 264 g/mol. The first kappa shape index (κ1) is 12.8. The highest BCUT2D eigenvalue weighted by Crippen LogP contribution is 2.46. The lowest BCUT2D eigenvalue weighted by Gasteiger charge is -2.35. The zero-order valence-electron chi connectivity index (χ0n) is 10.9. The molecule has 2 fully saturated rings. The molecule has 0 bridgehead atoms. The van der Waals surface area contributed by atoms with Gasteiger partial charge in [0, 0.05) is 26.1 Å². The van der Waals surface area contributed by atoms with Crippen molar-refractivity contribution in [3.63, 3.8) is 0 Å². The molecule has 102 valence electrons. The van der Waals surface area contributed by atoms with E-state index in [1.807, 2.05) is 7.05 Å². The molecule has 0 spiro atoms. The predicted molar refractivity (Wildman–Crippen MR) is 72.1 cm³/mol. The van der Waals surface area contributed by atoms with Crippen LogP contribution in [-0.2, 0) is 7.05 Å². The van der Waals surface area contributed by atoms with Gasteiger partial charge >= 0.3 is 0 Å². The molecule has 1 atom stereocenters. The molecule has 3 rings (SSSR count). The third-order valence-electron chi connectivity index (χ3n) is 4.36. The second-order valence-electron chi connectivity index (χ2n) is 5.61. The van der Waals surface area contributed by atoms with Gasteiger partial charge in [0.25, 0.3) is 0 Å². The van der Waals surface area contributed by atoms with Crippen LogP contribution in [0.25, 0.3) is 0 Å². The molecule has 1 aliphatic heterocycles. The van der Waals surface area contributed by atoms with E-state index >= 15 is 0 Å². The standard InChI is InChI=1S/C13H17ClN4O/c1-17-10(7-15)11(14)16-12(17)18-6-2-3-9(8-18)13(19)4-5-13/h9,19H,2-6,8H2,1H3. The van der Waals surface area contributed by atoms with E-state index in [9.17, 15) is 5.11 Å². The quantitative estimate of drug-likeness (QED) is 0.895. The van der Waals surface area contributed by atoms with Gasteiger partial charge in [-0.1, -0.05) is 11.6 Å². The van der Waals surface area contributed by atoms with Crippen molar-refractivity contribution >= 4 is 17.5 Å². The fourth-order valence-electron chi connectivity index (χ4n) is 2.99. The molecule has 1 unspecified atom stereocenters. The Morgan fingerprint density at radius 1 is 1.53 bits per heavy atom. The van der Waals surface area contributed by atoms with Gasteiger partial charge in [0.15, 0.2) is 10.8 Å². The Kier molecular flexibility index (Phi) is 2.95. The lowest BCUT2D eigenvalue weighted by Crippen LogP contribution is -2.42. The summed E-state index contributed by atoms with van der Waals surface area (Å²) in [5.74, 6) is 1.04. The Balaban J connectivity index is 1.84. The molecule has 19 heavy (non-hydrogen) atoms. The smallest absolute Gasteiger partial charge is 0.207 e. The highest BCUT2D eigenvalue weighted by Gasteiger charge is 2.48. The summed E-state index contributed by atoms with van der Waals surface area (Å²) in [6.45, 7) is 1.70. The van der Waals surface area contributed by atoms with Crippen molar-refractivity contribution in [2.24, 2.45) is 13.0 Å². The Bertz CT molecular complexity index is 544. The maximum atomic E-state index is 10.3. The van der Waals surface area contributed by atoms with E-state index in [1.165, 1.54) is 0 Å². The van der Waals surface area contributed by atoms with Crippen LogP contribution in [0.4, 0.5) is 5.95 Å². The second-order valence-corrected chi connectivity index (χ2v) is 5.97. The normalized spacial score (nSPS) is 25.2. The lowest BCUT2D eigenvalue weighted by atomic mass is 9.91. The molecule has 1 aromatic rings. The number of imidazole rings is 1. The largest absolute Gasteiger partial charge is 0.390 e. The van der Waals surface area contributed by atoms with Crippen molar-refractivity contribution in [1.82, 2.24) is 9.55 Å². The van der Waals surface area contributed by atoms with Crippen molar-refractivity contribution in [2.45, 2.75) is 31.3 Å². The fourth-order valence-corrected chi connectivity index (χ4v) is 3.24. The van der Waals surface area contributed by atoms with E-state index in [2.05, 4.69) is 16.0 Å². The molecule has 1 saturated heterocycles. The minimum Gasteiger partial charge on any atom is -0.390 e. The van der Waals surface area contributed by atoms with Gasteiger partial charge in [-0.15, -0.1) is 0 Å². The zero-order valence-corrected chi connectivity index (χ0v) is 11.7. The molecule has 1 aromatic heterocycles. The first-order valence-corrected chi connectivity index (χ1v) is 7.02. The number of aromatic nitrogens is 2. The third-order valence-corrected chi connectivity index (χ3v) is 4.62. The van der Waals surface area contributed by atoms with Crippen LogP contribution in [0.2, 0.25) is 5.15 Å². The van der Waals surface area contributed by atoms with Crippen LogP contribution >= 0.6 is 11.6 Å². The number of aliphatic hydroxyl groups is 1. The van der Waals surface area contributed by atoms with E-state index in [1.54, 1.807) is 4.57 Å². The monoisotopic (exact) mass is 280 g/mol. The van der Waals surface area contributed by atoms with E-state index < -0.39 is 5.60 Å². The summed E-state index contributed by atoms with van der Waals surface area (Å²) in [4.78, 5) is 6.43. The van der Waals surface area contributed by atoms with Gasteiger partial charge in [0.1, 0.15) is 6.07 Å². The van der Waals surface area contributed by atoms with Crippen LogP contribution in [0.5, 0.6) is 0 Å². The Hall–Kier alpha value is -1.25. The number of anilines is 1. The van der Waals surface area contributed by atoms with Crippen LogP contribution < -0.4 is 4.90 Å². The summed E-state index contributed by atoms with van der Waals surface area (Å²) in [7, 11) is 1.81. The maximum absolute atomic E-state index is 10.3. The molecular formula is C13H17ClN4O. The summed E-state index contributed by atoms with van der Waals surface area (Å²) < 4.78 is 1.74. The summed E-state index contributed by atoms with van der Waals surface area (Å²) in [5.41, 5.74) is -0.0602. The van der Waals surface area contributed by atoms with Crippen molar-refractivity contribution < 1.29 is 5.11 Å². The van der Waals surface area contributed by atoms with Gasteiger partial charge < -0.3 is 14.6 Å². The number of piperidine rings is 1. The number of hydrogen-bond donors (Lipinski definition) is 1. The van der Waals surface area contributed by atoms with E-state index in [0.717, 1.165) is 44.7 Å². The number of rotatable bonds is 2. The highest BCUT2D eigenvalue weighted by atomic mass is 35.5. The molecule has 1 saturated carbocycles. The van der Waals surface area contributed by atoms with Gasteiger partial charge in [-0.25, -0.2) is 0 Å². The molecule has 6 heteroatoms. The molecule has 0 radical (unpaired) electrons. The molecule has 5 nitrogen and oxygen atoms in total. The molecule has 1 N–H and O–H groups in total. The first-order chi connectivity index (χ1) is 9.05. The summed E-state index contributed by atoms with van der Waals surface area (Å²) in [6.07, 6.45) is 3.93. The molecule has 1 aliphatic carbocycles. The average molecular weight is 281 g/mol. The van der Waals surface area contributed by atoms with Crippen LogP contribution in [-0.4, -0.2) is 33.3 Å². The van der Waals surface area contributed by atoms with Crippen molar-refractivity contribution in [1.29, 1.82) is 5.26 Å². The Morgan fingerprint density at radius 3 is 2.84 bits per heavy atom. The maximum Gasteiger partial charge on any atom is 0.207 e. The Labute approximate surface area is 117 Å². The van der Waals surface area contributed by atoms with E-state index in [-0.39, 0.29) is 5.15 Å². The van der Waals surface area contributed by atoms with Gasteiger partial charge in [-0.05, 0) is 25.7 Å². The fraction of sp³-hybridized carbons (Fsp3) is 0.692. The van der Waals surface area contributed by atoms with Crippen molar-refractivity contribution in [3.8, 4) is 6.07 Å². The second kappa shape index (κ2) is 4.39. The van der Waals surface area contributed by atoms with Crippen LogP contribution in [0.1, 0.15) is 31.4 Å². The topological polar surface area (TPSA) is 65.1 Å². The highest BCUT2D eigenvalue weighted by molar-refractivity contribution is 6.30. The predicted octanol–water partition coefficient (Wildman–Crippen LogP) is 1.69. The molecule has 0 aromatic carbocycles. The average Bonchev–Trinajstić information content (AvgIpc) is 3.09. The Morgan fingerprint density at radius 2 is 2.26 bits per heavy atom. The van der Waals surface area contributed by atoms with Gasteiger partial charge in [0.2, 0.25) is 5.95 Å². The molecule has 2 heterocycles. The van der Waals surface area contributed by atoms with E-state index in [0.29, 0.717) is 11.6 Å². The van der Waals surface area contributed by atoms with Crippen molar-refractivity contribution in [3.05, 3.63) is 10.8 Å². The van der Waals surface area contributed by atoms with Gasteiger partial charge in [-0.2, -0.15) is 10.2 Å². The van der Waals surface area contributed by atoms with Gasteiger partial charge in [0.05, 0.1) is 5.60 Å². The van der Waals surface area contributed by atoms with E-state index in [4.69, 9.17) is 16.9 Å². The SMILES string of the molecule is Cn1c(N2CCCC(C3(O)CC3)C2)nc(Cl)c1C#N. The van der Waals surface area contributed by atoms with Crippen LogP contribution in [0.3, 0.4) is 0 Å². The number of halogens is 1. The van der Waals surface area contributed by atoms with Crippen molar-refractivity contribution in [2.75, 3.05) is 18.0 Å². The third kappa shape index (κ3) is 2.09. The van der Waals surface area contributed by atoms with Crippen LogP contribution in [0.15, 0.2) is 0 Å². The number of nitrogens with zero attached hydrogens (tertiary/aromatic N) is 4. The molecule has 0 amide bonds. The van der Waals surface area contributed by atoms with Gasteiger partial charge in [-0.3, -0.25) is 0 Å². The summed E-state index contributed by atoms with van der Waals surface area (Å²) in [5, 5.41) is 19.6.